The highest BCUT2D eigenvalue weighted by Gasteiger charge is 2.60. The highest BCUT2D eigenvalue weighted by atomic mass is 79.9. The number of amides is 1. The van der Waals surface area contributed by atoms with Gasteiger partial charge in [-0.3, -0.25) is 4.79 Å². The number of hydrogen-bond donors (Lipinski definition) is 1. The van der Waals surface area contributed by atoms with Crippen LogP contribution in [0.1, 0.15) is 11.1 Å². The quantitative estimate of drug-likeness (QED) is 0.826. The molecule has 3 atom stereocenters. The minimum Gasteiger partial charge on any atom is -0.479 e. The Hall–Kier alpha value is -2.22. The van der Waals surface area contributed by atoms with E-state index >= 15 is 0 Å². The summed E-state index contributed by atoms with van der Waals surface area (Å²) in [7, 11) is 0. The van der Waals surface area contributed by atoms with Crippen LogP contribution in [0, 0.1) is 0 Å². The third kappa shape index (κ3) is 2.82. The number of halogens is 1. The molecule has 3 unspecified atom stereocenters. The fourth-order valence-corrected chi connectivity index (χ4v) is 3.80. The maximum Gasteiger partial charge on any atom is 0.336 e. The van der Waals surface area contributed by atoms with Crippen molar-refractivity contribution in [3.05, 3.63) is 70.2 Å². The Bertz CT molecular complexity index is 858. The molecule has 2 aliphatic heterocycles. The predicted octanol–water partition coefficient (Wildman–Crippen LogP) is 2.51. The van der Waals surface area contributed by atoms with Gasteiger partial charge < -0.3 is 19.5 Å². The van der Waals surface area contributed by atoms with Gasteiger partial charge in [-0.25, -0.2) is 4.79 Å². The van der Waals surface area contributed by atoms with Crippen LogP contribution >= 0.6 is 15.9 Å². The number of rotatable bonds is 4. The zero-order valence-corrected chi connectivity index (χ0v) is 15.3. The van der Waals surface area contributed by atoms with E-state index in [4.69, 9.17) is 9.47 Å². The van der Waals surface area contributed by atoms with Gasteiger partial charge in [0.2, 0.25) is 5.79 Å². The number of ether oxygens (including phenoxy) is 2. The van der Waals surface area contributed by atoms with E-state index in [9.17, 15) is 14.7 Å². The van der Waals surface area contributed by atoms with Crippen molar-refractivity contribution in [2.45, 2.75) is 24.5 Å². The molecule has 2 saturated heterocycles. The van der Waals surface area contributed by atoms with Crippen LogP contribution in [0.25, 0.3) is 0 Å². The van der Waals surface area contributed by atoms with E-state index in [1.54, 1.807) is 4.90 Å². The number of aliphatic carboxylic acids is 1. The molecule has 4 rings (SSSR count). The van der Waals surface area contributed by atoms with Gasteiger partial charge in [-0.15, -0.1) is 0 Å². The minimum atomic E-state index is -1.33. The highest BCUT2D eigenvalue weighted by Crippen LogP contribution is 2.43. The molecule has 2 aliphatic rings. The molecule has 2 heterocycles. The third-order valence-corrected chi connectivity index (χ3v) is 5.41. The Kier molecular flexibility index (Phi) is 4.30. The van der Waals surface area contributed by atoms with Crippen molar-refractivity contribution < 1.29 is 24.2 Å². The molecule has 6 nitrogen and oxygen atoms in total. The van der Waals surface area contributed by atoms with Crippen molar-refractivity contribution in [1.29, 1.82) is 0 Å². The zero-order chi connectivity index (χ0) is 18.3. The molecular weight excluding hydrogens is 402 g/mol. The summed E-state index contributed by atoms with van der Waals surface area (Å²) in [6.45, 7) is 0.460. The summed E-state index contributed by atoms with van der Waals surface area (Å²) >= 11 is 3.49. The lowest BCUT2D eigenvalue weighted by atomic mass is 10.0. The topological polar surface area (TPSA) is 76.1 Å². The summed E-state index contributed by atoms with van der Waals surface area (Å²) in [6, 6.07) is 16.7. The van der Waals surface area contributed by atoms with Crippen molar-refractivity contribution >= 4 is 27.8 Å². The first kappa shape index (κ1) is 17.2. The van der Waals surface area contributed by atoms with Crippen LogP contribution in [0.3, 0.4) is 0 Å². The van der Waals surface area contributed by atoms with Crippen molar-refractivity contribution in [2.24, 2.45) is 0 Å². The summed E-state index contributed by atoms with van der Waals surface area (Å²) in [5.74, 6) is -2.86. The number of morpholine rings is 1. The summed E-state index contributed by atoms with van der Waals surface area (Å²) in [5, 5.41) is 9.48. The van der Waals surface area contributed by atoms with E-state index in [1.165, 1.54) is 0 Å². The second kappa shape index (κ2) is 6.50. The monoisotopic (exact) mass is 417 g/mol. The van der Waals surface area contributed by atoms with E-state index in [0.717, 1.165) is 10.0 Å². The van der Waals surface area contributed by atoms with Gasteiger partial charge in [-0.2, -0.15) is 0 Å². The molecule has 0 spiro atoms. The van der Waals surface area contributed by atoms with Gasteiger partial charge in [0.25, 0.3) is 5.91 Å². The molecule has 1 amide bonds. The molecule has 2 aromatic carbocycles. The second-order valence-electron chi connectivity index (χ2n) is 6.32. The first-order valence-electron chi connectivity index (χ1n) is 8.16. The van der Waals surface area contributed by atoms with E-state index in [-0.39, 0.29) is 12.5 Å². The predicted molar refractivity (Wildman–Crippen MR) is 95.1 cm³/mol. The fourth-order valence-electron chi connectivity index (χ4n) is 3.39. The van der Waals surface area contributed by atoms with Crippen molar-refractivity contribution in [1.82, 2.24) is 4.90 Å². The van der Waals surface area contributed by atoms with Gasteiger partial charge in [0.15, 0.2) is 12.2 Å². The fraction of sp³-hybridized carbons (Fsp3) is 0.263. The standard InChI is InChI=1S/C19H16BrNO5/c20-14-9-5-4-6-12(14)10-21-11-19(13-7-2-1-3-8-13)25-15(17(21)22)16(26-19)18(23)24/h1-9,15-16H,10-11H2,(H,23,24). The molecule has 0 saturated carbocycles. The Balaban J connectivity index is 1.71. The lowest BCUT2D eigenvalue weighted by molar-refractivity contribution is -0.219. The number of carboxylic acid groups (broad SMARTS) is 1. The highest BCUT2D eigenvalue weighted by molar-refractivity contribution is 9.10. The normalized spacial score (nSPS) is 27.6. The van der Waals surface area contributed by atoms with E-state index in [0.29, 0.717) is 12.1 Å². The molecule has 7 heteroatoms. The number of fused-ring (bicyclic) bond motifs is 2. The number of carbonyl (C=O) groups excluding carboxylic acids is 1. The zero-order valence-electron chi connectivity index (χ0n) is 13.7. The van der Waals surface area contributed by atoms with Gasteiger partial charge in [0, 0.05) is 16.6 Å². The van der Waals surface area contributed by atoms with Crippen molar-refractivity contribution in [3.8, 4) is 0 Å². The van der Waals surface area contributed by atoms with Gasteiger partial charge in [-0.05, 0) is 11.6 Å². The lowest BCUT2D eigenvalue weighted by Gasteiger charge is -2.38. The Morgan fingerprint density at radius 2 is 1.85 bits per heavy atom. The molecule has 0 aliphatic carbocycles. The van der Waals surface area contributed by atoms with Gasteiger partial charge in [-0.1, -0.05) is 64.5 Å². The van der Waals surface area contributed by atoms with E-state index in [1.807, 2.05) is 54.6 Å². The van der Waals surface area contributed by atoms with Crippen molar-refractivity contribution in [2.75, 3.05) is 6.54 Å². The van der Waals surface area contributed by atoms with Crippen LogP contribution < -0.4 is 0 Å². The first-order valence-corrected chi connectivity index (χ1v) is 8.96. The average Bonchev–Trinajstić information content (AvgIpc) is 2.99. The summed E-state index contributed by atoms with van der Waals surface area (Å²) in [6.07, 6.45) is -2.49. The van der Waals surface area contributed by atoms with Crippen LogP contribution in [0.15, 0.2) is 59.1 Å². The summed E-state index contributed by atoms with van der Waals surface area (Å²) < 4.78 is 12.5. The van der Waals surface area contributed by atoms with Crippen LogP contribution in [-0.2, 0) is 31.4 Å². The number of hydrogen-bond acceptors (Lipinski definition) is 4. The molecule has 0 aromatic heterocycles. The van der Waals surface area contributed by atoms with Crippen LogP contribution in [0.2, 0.25) is 0 Å². The van der Waals surface area contributed by atoms with Crippen LogP contribution in [0.5, 0.6) is 0 Å². The van der Waals surface area contributed by atoms with Crippen molar-refractivity contribution in [3.63, 3.8) is 0 Å². The Morgan fingerprint density at radius 3 is 2.54 bits per heavy atom. The maximum absolute atomic E-state index is 12.8. The number of carbonyl (C=O) groups is 2. The van der Waals surface area contributed by atoms with Gasteiger partial charge in [0.1, 0.15) is 0 Å². The maximum atomic E-state index is 12.8. The van der Waals surface area contributed by atoms with Gasteiger partial charge >= 0.3 is 5.97 Å². The molecular formula is C19H16BrNO5. The van der Waals surface area contributed by atoms with E-state index in [2.05, 4.69) is 15.9 Å². The Morgan fingerprint density at radius 1 is 1.15 bits per heavy atom. The molecule has 134 valence electrons. The average molecular weight is 418 g/mol. The van der Waals surface area contributed by atoms with Gasteiger partial charge in [0.05, 0.1) is 6.54 Å². The molecule has 1 N–H and O–H groups in total. The molecule has 0 radical (unpaired) electrons. The largest absolute Gasteiger partial charge is 0.479 e. The number of benzene rings is 2. The third-order valence-electron chi connectivity index (χ3n) is 4.64. The minimum absolute atomic E-state index is 0.122. The molecule has 2 aromatic rings. The smallest absolute Gasteiger partial charge is 0.336 e. The first-order chi connectivity index (χ1) is 12.5. The number of carboxylic acids is 1. The second-order valence-corrected chi connectivity index (χ2v) is 7.17. The number of nitrogens with zero attached hydrogens (tertiary/aromatic N) is 1. The molecule has 2 fully saturated rings. The SMILES string of the molecule is O=C(O)C1OC2(c3ccccc3)CN(Cc3ccccc3Br)C(=O)C1O2. The Labute approximate surface area is 158 Å². The lowest BCUT2D eigenvalue weighted by Crippen LogP contribution is -2.53. The summed E-state index contributed by atoms with van der Waals surface area (Å²) in [5.41, 5.74) is 1.62. The summed E-state index contributed by atoms with van der Waals surface area (Å²) in [4.78, 5) is 26.0. The molecule has 2 bridgehead atoms. The van der Waals surface area contributed by atoms with Crippen LogP contribution in [0.4, 0.5) is 0 Å². The van der Waals surface area contributed by atoms with Crippen LogP contribution in [-0.4, -0.2) is 40.6 Å². The molecule has 26 heavy (non-hydrogen) atoms. The van der Waals surface area contributed by atoms with E-state index < -0.39 is 24.0 Å².